The SMILES string of the molecule is Cc1nnc(N2CCCC(NC(=O)c3cnn(C)c3)C2)s1. The highest BCUT2D eigenvalue weighted by molar-refractivity contribution is 7.15. The number of hydrogen-bond donors (Lipinski definition) is 1. The molecule has 1 unspecified atom stereocenters. The minimum absolute atomic E-state index is 0.0663. The van der Waals surface area contributed by atoms with Gasteiger partial charge in [-0.15, -0.1) is 10.2 Å². The topological polar surface area (TPSA) is 75.9 Å². The first kappa shape index (κ1) is 14.0. The summed E-state index contributed by atoms with van der Waals surface area (Å²) in [5, 5.41) is 17.2. The van der Waals surface area contributed by atoms with Crippen molar-refractivity contribution in [1.82, 2.24) is 25.3 Å². The second-order valence-corrected chi connectivity index (χ2v) is 6.43. The van der Waals surface area contributed by atoms with E-state index in [2.05, 4.69) is 25.5 Å². The summed E-state index contributed by atoms with van der Waals surface area (Å²) in [6.07, 6.45) is 5.34. The van der Waals surface area contributed by atoms with Crippen molar-refractivity contribution in [3.63, 3.8) is 0 Å². The average molecular weight is 306 g/mol. The fourth-order valence-corrected chi connectivity index (χ4v) is 3.21. The molecule has 0 aliphatic carbocycles. The van der Waals surface area contributed by atoms with Gasteiger partial charge in [-0.1, -0.05) is 11.3 Å². The minimum atomic E-state index is -0.0663. The molecule has 0 spiro atoms. The third-order valence-corrected chi connectivity index (χ3v) is 4.41. The molecule has 1 aliphatic heterocycles. The fraction of sp³-hybridized carbons (Fsp3) is 0.538. The maximum atomic E-state index is 12.2. The lowest BCUT2D eigenvalue weighted by atomic mass is 10.1. The molecule has 1 fully saturated rings. The molecule has 0 aromatic carbocycles. The largest absolute Gasteiger partial charge is 0.347 e. The lowest BCUT2D eigenvalue weighted by Crippen LogP contribution is -2.47. The molecule has 7 nitrogen and oxygen atoms in total. The van der Waals surface area contributed by atoms with Crippen LogP contribution < -0.4 is 10.2 Å². The van der Waals surface area contributed by atoms with Gasteiger partial charge in [0.25, 0.3) is 5.91 Å². The molecule has 1 amide bonds. The Labute approximate surface area is 127 Å². The Morgan fingerprint density at radius 2 is 2.33 bits per heavy atom. The first-order chi connectivity index (χ1) is 10.1. The molecule has 8 heteroatoms. The molecule has 112 valence electrons. The van der Waals surface area contributed by atoms with Crippen molar-refractivity contribution in [2.75, 3.05) is 18.0 Å². The number of carbonyl (C=O) groups is 1. The molecule has 1 atom stereocenters. The number of amides is 1. The third kappa shape index (κ3) is 3.21. The molecule has 3 rings (SSSR count). The van der Waals surface area contributed by atoms with E-state index in [-0.39, 0.29) is 11.9 Å². The van der Waals surface area contributed by atoms with E-state index in [1.54, 1.807) is 35.5 Å². The quantitative estimate of drug-likeness (QED) is 0.915. The molecule has 0 radical (unpaired) electrons. The van der Waals surface area contributed by atoms with E-state index in [9.17, 15) is 4.79 Å². The van der Waals surface area contributed by atoms with E-state index >= 15 is 0 Å². The minimum Gasteiger partial charge on any atom is -0.347 e. The van der Waals surface area contributed by atoms with Gasteiger partial charge >= 0.3 is 0 Å². The van der Waals surface area contributed by atoms with Crippen LogP contribution in [-0.4, -0.2) is 45.0 Å². The molecule has 1 saturated heterocycles. The smallest absolute Gasteiger partial charge is 0.254 e. The molecule has 21 heavy (non-hydrogen) atoms. The highest BCUT2D eigenvalue weighted by atomic mass is 32.1. The van der Waals surface area contributed by atoms with Gasteiger partial charge in [-0.3, -0.25) is 9.48 Å². The summed E-state index contributed by atoms with van der Waals surface area (Å²) < 4.78 is 1.63. The van der Waals surface area contributed by atoms with Gasteiger partial charge in [0.15, 0.2) is 0 Å². The number of carbonyl (C=O) groups excluding carboxylic acids is 1. The number of anilines is 1. The predicted molar refractivity (Wildman–Crippen MR) is 80.6 cm³/mol. The summed E-state index contributed by atoms with van der Waals surface area (Å²) in [7, 11) is 1.80. The number of rotatable bonds is 3. The zero-order chi connectivity index (χ0) is 14.8. The predicted octanol–water partition coefficient (Wildman–Crippen LogP) is 0.979. The number of nitrogens with zero attached hydrogens (tertiary/aromatic N) is 5. The Balaban J connectivity index is 1.62. The second-order valence-electron chi connectivity index (χ2n) is 5.26. The lowest BCUT2D eigenvalue weighted by Gasteiger charge is -2.32. The van der Waals surface area contributed by atoms with Crippen molar-refractivity contribution in [1.29, 1.82) is 0 Å². The summed E-state index contributed by atoms with van der Waals surface area (Å²) in [5.41, 5.74) is 0.599. The van der Waals surface area contributed by atoms with Crippen LogP contribution in [-0.2, 0) is 7.05 Å². The Hall–Kier alpha value is -1.96. The van der Waals surface area contributed by atoms with Gasteiger partial charge in [-0.25, -0.2) is 0 Å². The lowest BCUT2D eigenvalue weighted by molar-refractivity contribution is 0.0933. The van der Waals surface area contributed by atoms with E-state index < -0.39 is 0 Å². The molecule has 2 aromatic heterocycles. The van der Waals surface area contributed by atoms with Crippen LogP contribution in [0.15, 0.2) is 12.4 Å². The standard InChI is InChI=1S/C13H18N6OS/c1-9-16-17-13(21-9)19-5-3-4-11(8-19)15-12(20)10-6-14-18(2)7-10/h6-7,11H,3-5,8H2,1-2H3,(H,15,20). The van der Waals surface area contributed by atoms with Crippen LogP contribution in [0.25, 0.3) is 0 Å². The molecular formula is C13H18N6OS. The summed E-state index contributed by atoms with van der Waals surface area (Å²) in [6, 6.07) is 0.135. The van der Waals surface area contributed by atoms with Crippen molar-refractivity contribution in [2.24, 2.45) is 7.05 Å². The van der Waals surface area contributed by atoms with Gasteiger partial charge in [0.1, 0.15) is 5.01 Å². The summed E-state index contributed by atoms with van der Waals surface area (Å²) in [6.45, 7) is 3.70. The zero-order valence-electron chi connectivity index (χ0n) is 12.1. The van der Waals surface area contributed by atoms with Crippen LogP contribution in [0.2, 0.25) is 0 Å². The van der Waals surface area contributed by atoms with Crippen LogP contribution in [0.3, 0.4) is 0 Å². The van der Waals surface area contributed by atoms with E-state index in [0.717, 1.165) is 36.1 Å². The van der Waals surface area contributed by atoms with Gasteiger partial charge < -0.3 is 10.2 Å². The average Bonchev–Trinajstić information content (AvgIpc) is 3.08. The number of piperidine rings is 1. The van der Waals surface area contributed by atoms with E-state index in [1.165, 1.54) is 0 Å². The van der Waals surface area contributed by atoms with E-state index in [1.807, 2.05) is 6.92 Å². The van der Waals surface area contributed by atoms with E-state index in [0.29, 0.717) is 5.56 Å². The monoisotopic (exact) mass is 306 g/mol. The third-order valence-electron chi connectivity index (χ3n) is 3.51. The normalized spacial score (nSPS) is 18.8. The Kier molecular flexibility index (Phi) is 3.87. The Bertz CT molecular complexity index is 636. The summed E-state index contributed by atoms with van der Waals surface area (Å²) in [5.74, 6) is -0.0663. The highest BCUT2D eigenvalue weighted by Gasteiger charge is 2.24. The van der Waals surface area contributed by atoms with Crippen LogP contribution in [0.5, 0.6) is 0 Å². The van der Waals surface area contributed by atoms with Crippen molar-refractivity contribution in [3.05, 3.63) is 23.0 Å². The van der Waals surface area contributed by atoms with Crippen molar-refractivity contribution in [2.45, 2.75) is 25.8 Å². The maximum absolute atomic E-state index is 12.2. The van der Waals surface area contributed by atoms with Crippen LogP contribution in [0, 0.1) is 6.92 Å². The van der Waals surface area contributed by atoms with Crippen molar-refractivity contribution >= 4 is 22.4 Å². The Morgan fingerprint density at radius 3 is 3.00 bits per heavy atom. The van der Waals surface area contributed by atoms with Crippen molar-refractivity contribution in [3.8, 4) is 0 Å². The van der Waals surface area contributed by atoms with Gasteiger partial charge in [0.2, 0.25) is 5.13 Å². The summed E-state index contributed by atoms with van der Waals surface area (Å²) in [4.78, 5) is 14.4. The van der Waals surface area contributed by atoms with Gasteiger partial charge in [-0.05, 0) is 19.8 Å². The molecule has 0 saturated carbocycles. The summed E-state index contributed by atoms with van der Waals surface area (Å²) >= 11 is 1.59. The van der Waals surface area contributed by atoms with Crippen LogP contribution >= 0.6 is 11.3 Å². The maximum Gasteiger partial charge on any atom is 0.254 e. The number of nitrogens with one attached hydrogen (secondary N) is 1. The van der Waals surface area contributed by atoms with Gasteiger partial charge in [0.05, 0.1) is 11.8 Å². The fourth-order valence-electron chi connectivity index (χ4n) is 2.49. The van der Waals surface area contributed by atoms with Gasteiger partial charge in [-0.2, -0.15) is 5.10 Å². The molecule has 1 N–H and O–H groups in total. The highest BCUT2D eigenvalue weighted by Crippen LogP contribution is 2.23. The molecule has 1 aliphatic rings. The molecular weight excluding hydrogens is 288 g/mol. The molecule has 2 aromatic rings. The Morgan fingerprint density at radius 1 is 1.48 bits per heavy atom. The molecule has 3 heterocycles. The number of aryl methyl sites for hydroxylation is 2. The first-order valence-electron chi connectivity index (χ1n) is 6.96. The molecule has 0 bridgehead atoms. The van der Waals surface area contributed by atoms with Crippen LogP contribution in [0.1, 0.15) is 28.2 Å². The number of aromatic nitrogens is 4. The van der Waals surface area contributed by atoms with Crippen LogP contribution in [0.4, 0.5) is 5.13 Å². The van der Waals surface area contributed by atoms with Gasteiger partial charge in [0, 0.05) is 32.4 Å². The first-order valence-corrected chi connectivity index (χ1v) is 7.78. The van der Waals surface area contributed by atoms with E-state index in [4.69, 9.17) is 0 Å². The zero-order valence-corrected chi connectivity index (χ0v) is 12.9. The van der Waals surface area contributed by atoms with Crippen molar-refractivity contribution < 1.29 is 4.79 Å². The number of hydrogen-bond acceptors (Lipinski definition) is 6. The second kappa shape index (κ2) is 5.80.